The number of hydrogen-bond donors (Lipinski definition) is 0. The minimum absolute atomic E-state index is 0.0380. The first-order chi connectivity index (χ1) is 13.6. The van der Waals surface area contributed by atoms with Gasteiger partial charge in [0.25, 0.3) is 11.6 Å². The molecule has 1 fully saturated rings. The van der Waals surface area contributed by atoms with Gasteiger partial charge in [0.15, 0.2) is 0 Å². The van der Waals surface area contributed by atoms with Crippen LogP contribution in [0.15, 0.2) is 48.5 Å². The van der Waals surface area contributed by atoms with Crippen LogP contribution in [0.25, 0.3) is 0 Å². The minimum atomic E-state index is -0.414. The van der Waals surface area contributed by atoms with E-state index < -0.39 is 4.92 Å². The highest BCUT2D eigenvalue weighted by Crippen LogP contribution is 2.30. The Morgan fingerprint density at radius 2 is 1.89 bits per heavy atom. The molecule has 0 aromatic heterocycles. The fourth-order valence-corrected chi connectivity index (χ4v) is 3.38. The van der Waals surface area contributed by atoms with Gasteiger partial charge in [-0.3, -0.25) is 14.9 Å². The summed E-state index contributed by atoms with van der Waals surface area (Å²) in [6.07, 6.45) is 0.812. The number of carbonyl (C=O) groups is 1. The molecule has 0 N–H and O–H groups in total. The van der Waals surface area contributed by atoms with Crippen molar-refractivity contribution in [1.82, 2.24) is 4.90 Å². The number of nitro benzene ring substituents is 1. The van der Waals surface area contributed by atoms with Crippen molar-refractivity contribution in [1.29, 1.82) is 0 Å². The molecule has 0 aliphatic carbocycles. The van der Waals surface area contributed by atoms with Crippen LogP contribution in [0.3, 0.4) is 0 Å². The van der Waals surface area contributed by atoms with Crippen molar-refractivity contribution in [3.05, 3.63) is 69.8 Å². The number of benzene rings is 2. The monoisotopic (exact) mass is 383 g/mol. The van der Waals surface area contributed by atoms with Gasteiger partial charge in [-0.25, -0.2) is 0 Å². The third-order valence-corrected chi connectivity index (χ3v) is 4.77. The maximum absolute atomic E-state index is 13.1. The summed E-state index contributed by atoms with van der Waals surface area (Å²) in [4.78, 5) is 28.0. The van der Waals surface area contributed by atoms with Crippen LogP contribution in [-0.4, -0.2) is 48.6 Å². The van der Waals surface area contributed by atoms with Gasteiger partial charge in [0, 0.05) is 37.8 Å². The van der Waals surface area contributed by atoms with Crippen molar-refractivity contribution in [2.45, 2.75) is 19.9 Å². The molecule has 1 aliphatic rings. The first-order valence-electron chi connectivity index (χ1n) is 9.54. The molecular formula is C21H25N3O4. The predicted octanol–water partition coefficient (Wildman–Crippen LogP) is 3.48. The van der Waals surface area contributed by atoms with Gasteiger partial charge >= 0.3 is 0 Å². The molecule has 0 saturated carbocycles. The van der Waals surface area contributed by atoms with Gasteiger partial charge in [-0.15, -0.1) is 0 Å². The predicted molar refractivity (Wildman–Crippen MR) is 108 cm³/mol. The number of rotatable bonds is 7. The summed E-state index contributed by atoms with van der Waals surface area (Å²) in [5, 5.41) is 11.6. The average molecular weight is 383 g/mol. The summed E-state index contributed by atoms with van der Waals surface area (Å²) in [5.41, 5.74) is 1.87. The molecule has 2 aromatic rings. The molecule has 28 heavy (non-hydrogen) atoms. The molecule has 7 heteroatoms. The van der Waals surface area contributed by atoms with Crippen LogP contribution < -0.4 is 4.90 Å². The first-order valence-corrected chi connectivity index (χ1v) is 9.54. The molecule has 1 heterocycles. The van der Waals surface area contributed by atoms with E-state index >= 15 is 0 Å². The van der Waals surface area contributed by atoms with Crippen LogP contribution in [0, 0.1) is 10.1 Å². The second-order valence-corrected chi connectivity index (χ2v) is 6.77. The Hall–Kier alpha value is -2.93. The van der Waals surface area contributed by atoms with E-state index in [1.165, 1.54) is 6.07 Å². The Kier molecular flexibility index (Phi) is 6.60. The fraction of sp³-hybridized carbons (Fsp3) is 0.381. The number of morpholine rings is 1. The summed E-state index contributed by atoms with van der Waals surface area (Å²) in [7, 11) is 0. The van der Waals surface area contributed by atoms with Crippen LogP contribution >= 0.6 is 0 Å². The van der Waals surface area contributed by atoms with Gasteiger partial charge in [0.1, 0.15) is 5.69 Å². The van der Waals surface area contributed by atoms with Gasteiger partial charge in [-0.05, 0) is 24.1 Å². The number of nitrogens with zero attached hydrogens (tertiary/aromatic N) is 3. The van der Waals surface area contributed by atoms with Gasteiger partial charge < -0.3 is 14.5 Å². The van der Waals surface area contributed by atoms with Crippen molar-refractivity contribution < 1.29 is 14.5 Å². The van der Waals surface area contributed by atoms with Crippen LogP contribution in [0.5, 0.6) is 0 Å². The number of amides is 1. The van der Waals surface area contributed by atoms with Crippen molar-refractivity contribution in [2.24, 2.45) is 0 Å². The zero-order chi connectivity index (χ0) is 19.9. The Balaban J connectivity index is 1.86. The molecule has 0 atom stereocenters. The van der Waals surface area contributed by atoms with E-state index in [0.29, 0.717) is 50.6 Å². The molecule has 7 nitrogen and oxygen atoms in total. The first kappa shape index (κ1) is 19.8. The summed E-state index contributed by atoms with van der Waals surface area (Å²) in [6, 6.07) is 14.5. The largest absolute Gasteiger partial charge is 0.378 e. The van der Waals surface area contributed by atoms with Crippen molar-refractivity contribution in [2.75, 3.05) is 37.7 Å². The molecule has 1 aliphatic heterocycles. The zero-order valence-corrected chi connectivity index (χ0v) is 16.0. The van der Waals surface area contributed by atoms with Gasteiger partial charge in [-0.2, -0.15) is 0 Å². The van der Waals surface area contributed by atoms with E-state index in [0.717, 1.165) is 12.0 Å². The third-order valence-electron chi connectivity index (χ3n) is 4.77. The number of hydrogen-bond acceptors (Lipinski definition) is 5. The SMILES string of the molecule is CCCN(Cc1ccccc1)C(=O)c1ccc(N2CCOCC2)c([N+](=O)[O-])c1. The van der Waals surface area contributed by atoms with Crippen LogP contribution in [-0.2, 0) is 11.3 Å². The maximum Gasteiger partial charge on any atom is 0.293 e. The molecule has 2 aromatic carbocycles. The Labute approximate surface area is 164 Å². The van der Waals surface area contributed by atoms with Gasteiger partial charge in [-0.1, -0.05) is 37.3 Å². The molecule has 3 rings (SSSR count). The van der Waals surface area contributed by atoms with E-state index in [1.54, 1.807) is 17.0 Å². The van der Waals surface area contributed by atoms with Crippen LogP contribution in [0.4, 0.5) is 11.4 Å². The summed E-state index contributed by atoms with van der Waals surface area (Å²) in [5.74, 6) is -0.192. The number of anilines is 1. The van der Waals surface area contributed by atoms with E-state index in [2.05, 4.69) is 0 Å². The highest BCUT2D eigenvalue weighted by Gasteiger charge is 2.25. The number of ether oxygens (including phenoxy) is 1. The standard InChI is InChI=1S/C21H25N3O4/c1-2-10-23(16-17-6-4-3-5-7-17)21(25)18-8-9-19(20(15-18)24(26)27)22-11-13-28-14-12-22/h3-9,15H,2,10-14,16H2,1H3. The average Bonchev–Trinajstić information content (AvgIpc) is 2.74. The van der Waals surface area contributed by atoms with E-state index in [4.69, 9.17) is 4.74 Å². The molecule has 0 unspecified atom stereocenters. The van der Waals surface area contributed by atoms with Gasteiger partial charge in [0.05, 0.1) is 18.1 Å². The molecule has 1 amide bonds. The van der Waals surface area contributed by atoms with E-state index in [-0.39, 0.29) is 11.6 Å². The van der Waals surface area contributed by atoms with Crippen molar-refractivity contribution in [3.8, 4) is 0 Å². The zero-order valence-electron chi connectivity index (χ0n) is 16.0. The highest BCUT2D eigenvalue weighted by atomic mass is 16.6. The Morgan fingerprint density at radius 3 is 2.54 bits per heavy atom. The van der Waals surface area contributed by atoms with E-state index in [1.807, 2.05) is 42.2 Å². The van der Waals surface area contributed by atoms with Crippen molar-refractivity contribution in [3.63, 3.8) is 0 Å². The van der Waals surface area contributed by atoms with Crippen molar-refractivity contribution >= 4 is 17.3 Å². The molecule has 148 valence electrons. The number of nitro groups is 1. The lowest BCUT2D eigenvalue weighted by Crippen LogP contribution is -2.36. The third kappa shape index (κ3) is 4.67. The number of carbonyl (C=O) groups excluding carboxylic acids is 1. The molecular weight excluding hydrogens is 358 g/mol. The molecule has 1 saturated heterocycles. The summed E-state index contributed by atoms with van der Waals surface area (Å²) in [6.45, 7) is 5.36. The lowest BCUT2D eigenvalue weighted by molar-refractivity contribution is -0.384. The lowest BCUT2D eigenvalue weighted by atomic mass is 10.1. The minimum Gasteiger partial charge on any atom is -0.378 e. The van der Waals surface area contributed by atoms with E-state index in [9.17, 15) is 14.9 Å². The smallest absolute Gasteiger partial charge is 0.293 e. The Morgan fingerprint density at radius 1 is 1.18 bits per heavy atom. The van der Waals surface area contributed by atoms with Gasteiger partial charge in [0.2, 0.25) is 0 Å². The summed E-state index contributed by atoms with van der Waals surface area (Å²) < 4.78 is 5.33. The Bertz CT molecular complexity index is 820. The topological polar surface area (TPSA) is 75.9 Å². The molecule has 0 spiro atoms. The molecule has 0 bridgehead atoms. The van der Waals surface area contributed by atoms with Crippen LogP contribution in [0.2, 0.25) is 0 Å². The fourth-order valence-electron chi connectivity index (χ4n) is 3.38. The summed E-state index contributed by atoms with van der Waals surface area (Å²) >= 11 is 0. The second-order valence-electron chi connectivity index (χ2n) is 6.77. The molecule has 0 radical (unpaired) electrons. The maximum atomic E-state index is 13.1. The quantitative estimate of drug-likeness (QED) is 0.540. The normalized spacial score (nSPS) is 14.0. The lowest BCUT2D eigenvalue weighted by Gasteiger charge is -2.28. The highest BCUT2D eigenvalue weighted by molar-refractivity contribution is 5.95. The second kappa shape index (κ2) is 9.32. The van der Waals surface area contributed by atoms with Crippen LogP contribution in [0.1, 0.15) is 29.3 Å².